The van der Waals surface area contributed by atoms with Crippen molar-refractivity contribution in [1.82, 2.24) is 4.90 Å². The fourth-order valence-corrected chi connectivity index (χ4v) is 4.74. The van der Waals surface area contributed by atoms with E-state index in [-0.39, 0.29) is 30.6 Å². The topological polar surface area (TPSA) is 46.6 Å². The number of piperidine rings is 1. The molecule has 1 heterocycles. The summed E-state index contributed by atoms with van der Waals surface area (Å²) in [5.41, 5.74) is 0.306. The van der Waals surface area contributed by atoms with Crippen molar-refractivity contribution in [2.24, 2.45) is 0 Å². The zero-order chi connectivity index (χ0) is 18.7. The molecule has 2 fully saturated rings. The molecular formula is C21H28ClNO3. The lowest BCUT2D eigenvalue weighted by Gasteiger charge is -2.39. The Morgan fingerprint density at radius 1 is 1.08 bits per heavy atom. The van der Waals surface area contributed by atoms with Crippen LogP contribution in [0.5, 0.6) is 0 Å². The SMILES string of the molecule is CC1CCCC(C)N1C(=O)COC(=O)C1(c2ccc(Cl)cc2)CCCC1. The molecule has 142 valence electrons. The van der Waals surface area contributed by atoms with Crippen LogP contribution < -0.4 is 0 Å². The molecule has 2 aliphatic rings. The van der Waals surface area contributed by atoms with Gasteiger partial charge in [-0.15, -0.1) is 0 Å². The standard InChI is InChI=1S/C21H28ClNO3/c1-15-6-5-7-16(2)23(15)19(24)14-26-20(25)21(12-3-4-13-21)17-8-10-18(22)11-9-17/h8-11,15-16H,3-7,12-14H2,1-2H3. The number of esters is 1. The lowest BCUT2D eigenvalue weighted by atomic mass is 9.79. The van der Waals surface area contributed by atoms with Gasteiger partial charge in [-0.1, -0.05) is 36.6 Å². The van der Waals surface area contributed by atoms with Crippen LogP contribution in [0.4, 0.5) is 0 Å². The summed E-state index contributed by atoms with van der Waals surface area (Å²) < 4.78 is 5.56. The van der Waals surface area contributed by atoms with Crippen molar-refractivity contribution in [1.29, 1.82) is 0 Å². The average Bonchev–Trinajstić information content (AvgIpc) is 3.11. The van der Waals surface area contributed by atoms with Crippen molar-refractivity contribution in [3.63, 3.8) is 0 Å². The van der Waals surface area contributed by atoms with Gasteiger partial charge < -0.3 is 9.64 Å². The van der Waals surface area contributed by atoms with E-state index in [1.165, 1.54) is 0 Å². The van der Waals surface area contributed by atoms with E-state index in [1.54, 1.807) is 0 Å². The van der Waals surface area contributed by atoms with Gasteiger partial charge in [0, 0.05) is 17.1 Å². The predicted molar refractivity (Wildman–Crippen MR) is 102 cm³/mol. The van der Waals surface area contributed by atoms with Crippen molar-refractivity contribution in [3.8, 4) is 0 Å². The van der Waals surface area contributed by atoms with Crippen LogP contribution in [0.15, 0.2) is 24.3 Å². The molecule has 0 N–H and O–H groups in total. The molecule has 5 heteroatoms. The smallest absolute Gasteiger partial charge is 0.317 e. The molecule has 1 saturated carbocycles. The van der Waals surface area contributed by atoms with Crippen LogP contribution in [0.2, 0.25) is 5.02 Å². The molecule has 0 aromatic heterocycles. The maximum atomic E-state index is 13.0. The lowest BCUT2D eigenvalue weighted by molar-refractivity contribution is -0.159. The summed E-state index contributed by atoms with van der Waals surface area (Å²) in [7, 11) is 0. The maximum absolute atomic E-state index is 13.0. The minimum atomic E-state index is -0.635. The third-order valence-corrected chi connectivity index (χ3v) is 6.30. The maximum Gasteiger partial charge on any atom is 0.317 e. The number of carbonyl (C=O) groups excluding carboxylic acids is 2. The van der Waals surface area contributed by atoms with Crippen molar-refractivity contribution < 1.29 is 14.3 Å². The summed E-state index contributed by atoms with van der Waals surface area (Å²) in [6, 6.07) is 7.86. The lowest BCUT2D eigenvalue weighted by Crippen LogP contribution is -2.49. The van der Waals surface area contributed by atoms with Crippen molar-refractivity contribution in [2.45, 2.75) is 76.3 Å². The van der Waals surface area contributed by atoms with E-state index in [4.69, 9.17) is 16.3 Å². The first-order valence-corrected chi connectivity index (χ1v) is 10.1. The second kappa shape index (κ2) is 7.99. The monoisotopic (exact) mass is 377 g/mol. The number of benzene rings is 1. The van der Waals surface area contributed by atoms with Crippen LogP contribution >= 0.6 is 11.6 Å². The number of rotatable bonds is 4. The number of hydrogen-bond acceptors (Lipinski definition) is 3. The Hall–Kier alpha value is -1.55. The van der Waals surface area contributed by atoms with E-state index in [0.29, 0.717) is 5.02 Å². The Balaban J connectivity index is 1.69. The summed E-state index contributed by atoms with van der Waals surface area (Å²) >= 11 is 5.99. The molecule has 0 radical (unpaired) electrons. The average molecular weight is 378 g/mol. The van der Waals surface area contributed by atoms with Gasteiger partial charge >= 0.3 is 5.97 Å². The van der Waals surface area contributed by atoms with Gasteiger partial charge in [0.1, 0.15) is 0 Å². The molecule has 1 aromatic rings. The molecule has 2 unspecified atom stereocenters. The number of halogens is 1. The molecule has 0 bridgehead atoms. The molecule has 1 aliphatic carbocycles. The van der Waals surface area contributed by atoms with E-state index >= 15 is 0 Å². The Morgan fingerprint density at radius 3 is 2.23 bits per heavy atom. The van der Waals surface area contributed by atoms with Crippen LogP contribution in [0.1, 0.15) is 64.4 Å². The normalized spacial score (nSPS) is 25.1. The highest BCUT2D eigenvalue weighted by Crippen LogP contribution is 2.42. The molecule has 3 rings (SSSR count). The van der Waals surface area contributed by atoms with Gasteiger partial charge in [-0.2, -0.15) is 0 Å². The fraction of sp³-hybridized carbons (Fsp3) is 0.619. The number of amides is 1. The molecule has 1 saturated heterocycles. The van der Waals surface area contributed by atoms with Gasteiger partial charge in [-0.3, -0.25) is 9.59 Å². The largest absolute Gasteiger partial charge is 0.455 e. The quantitative estimate of drug-likeness (QED) is 0.726. The van der Waals surface area contributed by atoms with Crippen molar-refractivity contribution in [2.75, 3.05) is 6.61 Å². The minimum Gasteiger partial charge on any atom is -0.455 e. The number of ether oxygens (including phenoxy) is 1. The van der Waals surface area contributed by atoms with Crippen LogP contribution in [0, 0.1) is 0 Å². The molecule has 4 nitrogen and oxygen atoms in total. The van der Waals surface area contributed by atoms with Crippen molar-refractivity contribution in [3.05, 3.63) is 34.9 Å². The van der Waals surface area contributed by atoms with E-state index in [0.717, 1.165) is 50.5 Å². The van der Waals surface area contributed by atoms with Gasteiger partial charge in [0.2, 0.25) is 0 Å². The molecule has 2 atom stereocenters. The number of likely N-dealkylation sites (tertiary alicyclic amines) is 1. The van der Waals surface area contributed by atoms with Gasteiger partial charge in [0.05, 0.1) is 5.41 Å². The highest BCUT2D eigenvalue weighted by molar-refractivity contribution is 6.30. The molecule has 1 amide bonds. The highest BCUT2D eigenvalue weighted by Gasteiger charge is 2.44. The predicted octanol–water partition coefficient (Wildman–Crippen LogP) is 4.48. The summed E-state index contributed by atoms with van der Waals surface area (Å²) in [5, 5.41) is 0.651. The van der Waals surface area contributed by atoms with Gasteiger partial charge in [-0.25, -0.2) is 0 Å². The number of hydrogen-bond donors (Lipinski definition) is 0. The Bertz CT molecular complexity index is 642. The highest BCUT2D eigenvalue weighted by atomic mass is 35.5. The van der Waals surface area contributed by atoms with Gasteiger partial charge in [0.15, 0.2) is 6.61 Å². The first-order chi connectivity index (χ1) is 12.4. The molecule has 1 aliphatic heterocycles. The third-order valence-electron chi connectivity index (χ3n) is 6.05. The summed E-state index contributed by atoms with van der Waals surface area (Å²) in [4.78, 5) is 27.5. The van der Waals surface area contributed by atoms with Crippen molar-refractivity contribution >= 4 is 23.5 Å². The molecular weight excluding hydrogens is 350 g/mol. The molecule has 0 spiro atoms. The number of carbonyl (C=O) groups is 2. The summed E-state index contributed by atoms with van der Waals surface area (Å²) in [6.07, 6.45) is 6.68. The van der Waals surface area contributed by atoms with Crippen LogP contribution in [0.25, 0.3) is 0 Å². The van der Waals surface area contributed by atoms with Gasteiger partial charge in [0.25, 0.3) is 5.91 Å². The third kappa shape index (κ3) is 3.75. The second-order valence-electron chi connectivity index (χ2n) is 7.80. The van der Waals surface area contributed by atoms with E-state index in [1.807, 2.05) is 29.2 Å². The van der Waals surface area contributed by atoms with E-state index < -0.39 is 5.41 Å². The Kier molecular flexibility index (Phi) is 5.91. The second-order valence-corrected chi connectivity index (χ2v) is 8.24. The van der Waals surface area contributed by atoms with Crippen LogP contribution in [-0.2, 0) is 19.7 Å². The van der Waals surface area contributed by atoms with E-state index in [9.17, 15) is 9.59 Å². The summed E-state index contributed by atoms with van der Waals surface area (Å²) in [6.45, 7) is 3.98. The Morgan fingerprint density at radius 2 is 1.65 bits per heavy atom. The Labute approximate surface area is 160 Å². The first-order valence-electron chi connectivity index (χ1n) is 9.68. The molecule has 26 heavy (non-hydrogen) atoms. The number of nitrogens with zero attached hydrogens (tertiary/aromatic N) is 1. The van der Waals surface area contributed by atoms with E-state index in [2.05, 4.69) is 13.8 Å². The first kappa shape index (κ1) is 19.2. The fourth-order valence-electron chi connectivity index (χ4n) is 4.61. The van der Waals surface area contributed by atoms with Crippen LogP contribution in [0.3, 0.4) is 0 Å². The zero-order valence-corrected chi connectivity index (χ0v) is 16.4. The summed E-state index contributed by atoms with van der Waals surface area (Å²) in [5.74, 6) is -0.356. The van der Waals surface area contributed by atoms with Crippen LogP contribution in [-0.4, -0.2) is 35.5 Å². The zero-order valence-electron chi connectivity index (χ0n) is 15.7. The van der Waals surface area contributed by atoms with Gasteiger partial charge in [-0.05, 0) is 63.6 Å². The molecule has 1 aromatic carbocycles. The minimum absolute atomic E-state index is 0.0812.